The highest BCUT2D eigenvalue weighted by molar-refractivity contribution is 6.09. The molecule has 1 heterocycles. The van der Waals surface area contributed by atoms with Crippen LogP contribution in [0.4, 0.5) is 4.79 Å². The van der Waals surface area contributed by atoms with Crippen molar-refractivity contribution >= 4 is 17.8 Å². The molecule has 3 rings (SSSR count). The van der Waals surface area contributed by atoms with E-state index in [0.29, 0.717) is 11.5 Å². The minimum absolute atomic E-state index is 0.178. The maximum atomic E-state index is 13.1. The quantitative estimate of drug-likeness (QED) is 0.688. The van der Waals surface area contributed by atoms with Crippen LogP contribution in [0.1, 0.15) is 49.9 Å². The summed E-state index contributed by atoms with van der Waals surface area (Å²) in [6, 6.07) is 16.4. The lowest BCUT2D eigenvalue weighted by molar-refractivity contribution is -0.135. The van der Waals surface area contributed by atoms with Gasteiger partial charge in [0.25, 0.3) is 5.91 Å². The molecule has 2 aromatic carbocycles. The van der Waals surface area contributed by atoms with Gasteiger partial charge < -0.3 is 10.6 Å². The summed E-state index contributed by atoms with van der Waals surface area (Å²) in [7, 11) is 0. The highest BCUT2D eigenvalue weighted by Gasteiger charge is 2.49. The van der Waals surface area contributed by atoms with E-state index in [4.69, 9.17) is 0 Å². The van der Waals surface area contributed by atoms with Crippen molar-refractivity contribution in [3.05, 3.63) is 71.3 Å². The number of amides is 4. The maximum Gasteiger partial charge on any atom is 0.325 e. The van der Waals surface area contributed by atoms with Crippen LogP contribution in [0.15, 0.2) is 54.6 Å². The van der Waals surface area contributed by atoms with Crippen LogP contribution >= 0.6 is 0 Å². The van der Waals surface area contributed by atoms with Crippen LogP contribution in [0, 0.1) is 12.8 Å². The summed E-state index contributed by atoms with van der Waals surface area (Å²) in [4.78, 5) is 39.3. The molecule has 2 atom stereocenters. The summed E-state index contributed by atoms with van der Waals surface area (Å²) < 4.78 is 0. The molecule has 1 aliphatic heterocycles. The van der Waals surface area contributed by atoms with E-state index in [-0.39, 0.29) is 18.5 Å². The summed E-state index contributed by atoms with van der Waals surface area (Å²) in [5.74, 6) is -0.412. The molecule has 158 valence electrons. The summed E-state index contributed by atoms with van der Waals surface area (Å²) in [6.45, 7) is 7.49. The predicted octanol–water partition coefficient (Wildman–Crippen LogP) is 3.67. The third kappa shape index (κ3) is 4.53. The van der Waals surface area contributed by atoms with Crippen molar-refractivity contribution in [3.63, 3.8) is 0 Å². The average Bonchev–Trinajstić information content (AvgIpc) is 2.92. The van der Waals surface area contributed by atoms with Gasteiger partial charge in [-0.1, -0.05) is 74.0 Å². The fourth-order valence-electron chi connectivity index (χ4n) is 3.74. The molecular formula is C24H29N3O3. The van der Waals surface area contributed by atoms with Gasteiger partial charge in [0, 0.05) is 0 Å². The first-order chi connectivity index (χ1) is 14.2. The Bertz CT molecular complexity index is 924. The molecule has 2 N–H and O–H groups in total. The van der Waals surface area contributed by atoms with Crippen molar-refractivity contribution in [3.8, 4) is 0 Å². The third-order valence-electron chi connectivity index (χ3n) is 5.45. The van der Waals surface area contributed by atoms with Crippen molar-refractivity contribution in [2.75, 3.05) is 6.54 Å². The lowest BCUT2D eigenvalue weighted by Crippen LogP contribution is -2.44. The zero-order valence-electron chi connectivity index (χ0n) is 17.9. The number of nitrogens with zero attached hydrogens (tertiary/aromatic N) is 1. The van der Waals surface area contributed by atoms with Gasteiger partial charge in [-0.25, -0.2) is 4.79 Å². The summed E-state index contributed by atoms with van der Waals surface area (Å²) in [6.07, 6.45) is 0.761. The largest absolute Gasteiger partial charge is 0.348 e. The Hall–Kier alpha value is -3.15. The Labute approximate surface area is 177 Å². The second kappa shape index (κ2) is 8.69. The molecule has 6 heteroatoms. The number of imide groups is 1. The maximum absolute atomic E-state index is 13.1. The summed E-state index contributed by atoms with van der Waals surface area (Å²) >= 11 is 0. The molecule has 1 fully saturated rings. The molecule has 0 aliphatic carbocycles. The smallest absolute Gasteiger partial charge is 0.325 e. The molecule has 1 aliphatic rings. The Morgan fingerprint density at radius 1 is 1.07 bits per heavy atom. The van der Waals surface area contributed by atoms with Crippen molar-refractivity contribution in [2.24, 2.45) is 5.92 Å². The van der Waals surface area contributed by atoms with E-state index in [9.17, 15) is 14.4 Å². The van der Waals surface area contributed by atoms with Crippen LogP contribution in [0.5, 0.6) is 0 Å². The topological polar surface area (TPSA) is 78.5 Å². The van der Waals surface area contributed by atoms with E-state index >= 15 is 0 Å². The molecule has 0 aromatic heterocycles. The number of aryl methyl sites for hydroxylation is 1. The Kier molecular flexibility index (Phi) is 6.25. The number of hydrogen-bond donors (Lipinski definition) is 2. The standard InChI is InChI=1S/C24H29N3O3/c1-16(2)14-20(18-8-6-5-7-9-18)25-21(28)15-27-22(29)24(4,26-23(27)30)19-12-10-17(3)11-13-19/h5-13,16,20H,14-15H2,1-4H3,(H,25,28)(H,26,30)/t20-,24+/m0/s1. The van der Waals surface area contributed by atoms with Gasteiger partial charge in [-0.15, -0.1) is 0 Å². The number of nitrogens with one attached hydrogen (secondary N) is 2. The zero-order chi connectivity index (χ0) is 21.9. The van der Waals surface area contributed by atoms with Crippen LogP contribution in [0.2, 0.25) is 0 Å². The number of carbonyl (C=O) groups excluding carboxylic acids is 3. The lowest BCUT2D eigenvalue weighted by Gasteiger charge is -2.24. The normalized spacial score (nSPS) is 19.7. The van der Waals surface area contributed by atoms with Crippen molar-refractivity contribution in [1.82, 2.24) is 15.5 Å². The van der Waals surface area contributed by atoms with Crippen molar-refractivity contribution < 1.29 is 14.4 Å². The lowest BCUT2D eigenvalue weighted by atomic mass is 9.91. The molecule has 1 saturated heterocycles. The molecule has 4 amide bonds. The van der Waals surface area contributed by atoms with E-state index < -0.39 is 17.5 Å². The molecule has 2 aromatic rings. The van der Waals surface area contributed by atoms with E-state index in [1.54, 1.807) is 6.92 Å². The van der Waals surface area contributed by atoms with E-state index in [1.165, 1.54) is 0 Å². The molecule has 0 saturated carbocycles. The van der Waals surface area contributed by atoms with Gasteiger partial charge in [0.15, 0.2) is 0 Å². The van der Waals surface area contributed by atoms with Crippen LogP contribution in [0.25, 0.3) is 0 Å². The van der Waals surface area contributed by atoms with Crippen LogP contribution in [-0.2, 0) is 15.1 Å². The Morgan fingerprint density at radius 3 is 2.30 bits per heavy atom. The first-order valence-electron chi connectivity index (χ1n) is 10.3. The predicted molar refractivity (Wildman–Crippen MR) is 116 cm³/mol. The number of benzene rings is 2. The number of rotatable bonds is 7. The highest BCUT2D eigenvalue weighted by Crippen LogP contribution is 2.29. The molecule has 0 spiro atoms. The monoisotopic (exact) mass is 407 g/mol. The van der Waals surface area contributed by atoms with E-state index in [1.807, 2.05) is 61.5 Å². The van der Waals surface area contributed by atoms with Crippen molar-refractivity contribution in [1.29, 1.82) is 0 Å². The molecule has 6 nitrogen and oxygen atoms in total. The number of hydrogen-bond acceptors (Lipinski definition) is 3. The van der Waals surface area contributed by atoms with Gasteiger partial charge in [-0.2, -0.15) is 0 Å². The Morgan fingerprint density at radius 2 is 1.70 bits per heavy atom. The molecule has 0 bridgehead atoms. The minimum atomic E-state index is -1.18. The first kappa shape index (κ1) is 21.6. The molecule has 30 heavy (non-hydrogen) atoms. The van der Waals surface area contributed by atoms with Crippen LogP contribution < -0.4 is 10.6 Å². The second-order valence-electron chi connectivity index (χ2n) is 8.47. The Balaban J connectivity index is 1.73. The van der Waals surface area contributed by atoms with Gasteiger partial charge in [-0.3, -0.25) is 14.5 Å². The SMILES string of the molecule is Cc1ccc([C@@]2(C)NC(=O)N(CC(=O)N[C@@H](CC(C)C)c3ccccc3)C2=O)cc1. The van der Waals surface area contributed by atoms with Gasteiger partial charge in [-0.05, 0) is 37.3 Å². The summed E-state index contributed by atoms with van der Waals surface area (Å²) in [5.41, 5.74) is 1.58. The second-order valence-corrected chi connectivity index (χ2v) is 8.47. The minimum Gasteiger partial charge on any atom is -0.348 e. The van der Waals surface area contributed by atoms with Crippen LogP contribution in [0.3, 0.4) is 0 Å². The van der Waals surface area contributed by atoms with E-state index in [0.717, 1.165) is 22.4 Å². The van der Waals surface area contributed by atoms with Gasteiger partial charge >= 0.3 is 6.03 Å². The van der Waals surface area contributed by atoms with Crippen LogP contribution in [-0.4, -0.2) is 29.3 Å². The van der Waals surface area contributed by atoms with Gasteiger partial charge in [0.2, 0.25) is 5.91 Å². The third-order valence-corrected chi connectivity index (χ3v) is 5.45. The number of carbonyl (C=O) groups is 3. The van der Waals surface area contributed by atoms with Crippen molar-refractivity contribution in [2.45, 2.75) is 45.7 Å². The zero-order valence-corrected chi connectivity index (χ0v) is 17.9. The first-order valence-corrected chi connectivity index (χ1v) is 10.3. The average molecular weight is 408 g/mol. The molecule has 0 radical (unpaired) electrons. The molecule has 0 unspecified atom stereocenters. The number of urea groups is 1. The van der Waals surface area contributed by atoms with Gasteiger partial charge in [0.05, 0.1) is 6.04 Å². The fraction of sp³-hybridized carbons (Fsp3) is 0.375. The van der Waals surface area contributed by atoms with E-state index in [2.05, 4.69) is 24.5 Å². The summed E-state index contributed by atoms with van der Waals surface area (Å²) in [5, 5.41) is 5.74. The molecular weight excluding hydrogens is 378 g/mol. The van der Waals surface area contributed by atoms with Gasteiger partial charge in [0.1, 0.15) is 12.1 Å². The highest BCUT2D eigenvalue weighted by atomic mass is 16.2. The fourth-order valence-corrected chi connectivity index (χ4v) is 3.74.